The number of hydrogen-bond acceptors (Lipinski definition) is 2. The molecule has 1 N–H and O–H groups in total. The maximum Gasteiger partial charge on any atom is 0.0642 e. The van der Waals surface area contributed by atoms with E-state index < -0.39 is 0 Å². The van der Waals surface area contributed by atoms with Gasteiger partial charge in [-0.15, -0.1) is 11.3 Å². The van der Waals surface area contributed by atoms with Crippen LogP contribution < -0.4 is 5.32 Å². The number of fused-ring (bicyclic) bond motifs is 1. The van der Waals surface area contributed by atoms with Gasteiger partial charge in [0.2, 0.25) is 0 Å². The van der Waals surface area contributed by atoms with Gasteiger partial charge >= 0.3 is 0 Å². The molecule has 3 rings (SSSR count). The number of rotatable bonds is 3. The summed E-state index contributed by atoms with van der Waals surface area (Å²) in [6.45, 7) is 2.83. The van der Waals surface area contributed by atoms with Gasteiger partial charge in [-0.05, 0) is 36.8 Å². The Kier molecular flexibility index (Phi) is 4.01. The first-order valence-electron chi connectivity index (χ1n) is 6.30. The SMILES string of the molecule is Cc1cc(Br)cc(NCc2sc3ccccc3c2Cl)c1. The predicted molar refractivity (Wildman–Crippen MR) is 93.0 cm³/mol. The number of benzene rings is 2. The number of halogens is 2. The zero-order valence-corrected chi connectivity index (χ0v) is 14.1. The van der Waals surface area contributed by atoms with Gasteiger partial charge in [0.05, 0.1) is 11.6 Å². The molecule has 0 atom stereocenters. The van der Waals surface area contributed by atoms with Gasteiger partial charge in [0.1, 0.15) is 0 Å². The van der Waals surface area contributed by atoms with Crippen molar-refractivity contribution in [3.63, 3.8) is 0 Å². The summed E-state index contributed by atoms with van der Waals surface area (Å²) in [4.78, 5) is 1.17. The third-order valence-electron chi connectivity index (χ3n) is 3.10. The van der Waals surface area contributed by atoms with Crippen LogP contribution in [-0.2, 0) is 6.54 Å². The molecule has 0 radical (unpaired) electrons. The highest BCUT2D eigenvalue weighted by molar-refractivity contribution is 9.10. The summed E-state index contributed by atoms with van der Waals surface area (Å²) in [5.74, 6) is 0. The van der Waals surface area contributed by atoms with E-state index in [4.69, 9.17) is 11.6 Å². The van der Waals surface area contributed by atoms with Crippen molar-refractivity contribution in [2.45, 2.75) is 13.5 Å². The lowest BCUT2D eigenvalue weighted by atomic mass is 10.2. The number of anilines is 1. The molecule has 0 aliphatic carbocycles. The van der Waals surface area contributed by atoms with Crippen LogP contribution in [0.4, 0.5) is 5.69 Å². The molecule has 0 aliphatic heterocycles. The summed E-state index contributed by atoms with van der Waals surface area (Å²) < 4.78 is 2.32. The van der Waals surface area contributed by atoms with Crippen molar-refractivity contribution >= 4 is 54.6 Å². The number of aryl methyl sites for hydroxylation is 1. The van der Waals surface area contributed by atoms with Gasteiger partial charge in [-0.1, -0.05) is 45.7 Å². The van der Waals surface area contributed by atoms with E-state index in [1.54, 1.807) is 11.3 Å². The zero-order valence-electron chi connectivity index (χ0n) is 10.9. The molecule has 3 aromatic rings. The molecule has 20 heavy (non-hydrogen) atoms. The molecule has 0 bridgehead atoms. The van der Waals surface area contributed by atoms with Gasteiger partial charge in [0.25, 0.3) is 0 Å². The number of nitrogens with one attached hydrogen (secondary N) is 1. The molecule has 102 valence electrons. The van der Waals surface area contributed by atoms with Gasteiger partial charge < -0.3 is 5.32 Å². The molecule has 0 spiro atoms. The summed E-state index contributed by atoms with van der Waals surface area (Å²) in [6.07, 6.45) is 0. The molecular weight excluding hydrogens is 354 g/mol. The minimum absolute atomic E-state index is 0.744. The van der Waals surface area contributed by atoms with Crippen LogP contribution in [0.5, 0.6) is 0 Å². The van der Waals surface area contributed by atoms with E-state index >= 15 is 0 Å². The summed E-state index contributed by atoms with van der Waals surface area (Å²) in [7, 11) is 0. The molecule has 0 unspecified atom stereocenters. The summed E-state index contributed by atoms with van der Waals surface area (Å²) >= 11 is 11.7. The Bertz CT molecular complexity index is 746. The smallest absolute Gasteiger partial charge is 0.0642 e. The normalized spacial score (nSPS) is 10.9. The van der Waals surface area contributed by atoms with Gasteiger partial charge in [0.15, 0.2) is 0 Å². The highest BCUT2D eigenvalue weighted by Gasteiger charge is 2.09. The lowest BCUT2D eigenvalue weighted by molar-refractivity contribution is 1.19. The van der Waals surface area contributed by atoms with Crippen LogP contribution in [0.1, 0.15) is 10.4 Å². The molecule has 0 saturated carbocycles. The molecule has 0 saturated heterocycles. The summed E-state index contributed by atoms with van der Waals surface area (Å²) in [6, 6.07) is 14.6. The van der Waals surface area contributed by atoms with Gasteiger partial charge in [-0.2, -0.15) is 0 Å². The lowest BCUT2D eigenvalue weighted by Gasteiger charge is -2.07. The Morgan fingerprint density at radius 2 is 2.00 bits per heavy atom. The maximum absolute atomic E-state index is 6.45. The fourth-order valence-corrected chi connectivity index (χ4v) is 4.25. The fourth-order valence-electron chi connectivity index (χ4n) is 2.20. The Morgan fingerprint density at radius 3 is 2.75 bits per heavy atom. The Morgan fingerprint density at radius 1 is 1.20 bits per heavy atom. The zero-order chi connectivity index (χ0) is 14.1. The third-order valence-corrected chi connectivity index (χ3v) is 5.27. The van der Waals surface area contributed by atoms with Crippen LogP contribution in [0.2, 0.25) is 5.02 Å². The van der Waals surface area contributed by atoms with Crippen LogP contribution in [-0.4, -0.2) is 0 Å². The summed E-state index contributed by atoms with van der Waals surface area (Å²) in [5.41, 5.74) is 2.33. The van der Waals surface area contributed by atoms with Crippen molar-refractivity contribution in [3.05, 3.63) is 62.4 Å². The minimum atomic E-state index is 0.744. The maximum atomic E-state index is 6.45. The lowest BCUT2D eigenvalue weighted by Crippen LogP contribution is -1.98. The standard InChI is InChI=1S/C16H13BrClNS/c1-10-6-11(17)8-12(7-10)19-9-15-16(18)13-4-2-3-5-14(13)20-15/h2-8,19H,9H2,1H3. The van der Waals surface area contributed by atoms with E-state index in [2.05, 4.69) is 58.5 Å². The van der Waals surface area contributed by atoms with Crippen molar-refractivity contribution in [1.82, 2.24) is 0 Å². The average Bonchev–Trinajstić information content (AvgIpc) is 2.73. The van der Waals surface area contributed by atoms with Gasteiger partial charge in [-0.25, -0.2) is 0 Å². The second kappa shape index (κ2) is 5.76. The fraction of sp³-hybridized carbons (Fsp3) is 0.125. The van der Waals surface area contributed by atoms with Crippen LogP contribution in [0, 0.1) is 6.92 Å². The number of thiophene rings is 1. The number of hydrogen-bond donors (Lipinski definition) is 1. The molecule has 1 nitrogen and oxygen atoms in total. The molecule has 0 amide bonds. The van der Waals surface area contributed by atoms with Crippen LogP contribution in [0.3, 0.4) is 0 Å². The van der Waals surface area contributed by atoms with Crippen molar-refractivity contribution < 1.29 is 0 Å². The molecule has 0 aliphatic rings. The van der Waals surface area contributed by atoms with Gasteiger partial charge in [-0.3, -0.25) is 0 Å². The molecular formula is C16H13BrClNS. The molecule has 1 aromatic heterocycles. The monoisotopic (exact) mass is 365 g/mol. The van der Waals surface area contributed by atoms with Crippen molar-refractivity contribution in [2.24, 2.45) is 0 Å². The van der Waals surface area contributed by atoms with E-state index in [1.165, 1.54) is 15.1 Å². The van der Waals surface area contributed by atoms with Crippen LogP contribution >= 0.6 is 38.9 Å². The first-order chi connectivity index (χ1) is 9.63. The second-order valence-corrected chi connectivity index (χ2v) is 7.14. The van der Waals surface area contributed by atoms with E-state index in [9.17, 15) is 0 Å². The quantitative estimate of drug-likeness (QED) is 0.578. The van der Waals surface area contributed by atoms with Crippen molar-refractivity contribution in [2.75, 3.05) is 5.32 Å². The minimum Gasteiger partial charge on any atom is -0.380 e. The Balaban J connectivity index is 1.84. The topological polar surface area (TPSA) is 12.0 Å². The van der Waals surface area contributed by atoms with E-state index in [0.29, 0.717) is 0 Å². The van der Waals surface area contributed by atoms with E-state index in [1.807, 2.05) is 12.1 Å². The summed E-state index contributed by atoms with van der Waals surface area (Å²) in [5, 5.41) is 5.45. The van der Waals surface area contributed by atoms with E-state index in [0.717, 1.165) is 27.1 Å². The highest BCUT2D eigenvalue weighted by atomic mass is 79.9. The van der Waals surface area contributed by atoms with Crippen LogP contribution in [0.25, 0.3) is 10.1 Å². The molecule has 1 heterocycles. The first kappa shape index (κ1) is 13.9. The van der Waals surface area contributed by atoms with Crippen molar-refractivity contribution in [3.8, 4) is 0 Å². The largest absolute Gasteiger partial charge is 0.380 e. The van der Waals surface area contributed by atoms with Gasteiger partial charge in [0, 0.05) is 25.1 Å². The Labute approximate surface area is 135 Å². The van der Waals surface area contributed by atoms with Crippen molar-refractivity contribution in [1.29, 1.82) is 0 Å². The average molecular weight is 367 g/mol. The Hall–Kier alpha value is -1.03. The molecule has 2 aromatic carbocycles. The first-order valence-corrected chi connectivity index (χ1v) is 8.29. The van der Waals surface area contributed by atoms with E-state index in [-0.39, 0.29) is 0 Å². The predicted octanol–water partition coefficient (Wildman–Crippen LogP) is 6.24. The highest BCUT2D eigenvalue weighted by Crippen LogP contribution is 2.35. The van der Waals surface area contributed by atoms with Crippen LogP contribution in [0.15, 0.2) is 46.9 Å². The molecule has 4 heteroatoms. The molecule has 0 fully saturated rings. The second-order valence-electron chi connectivity index (χ2n) is 4.71. The third kappa shape index (κ3) is 2.85.